The molecule has 1 N–H and O–H groups in total. The van der Waals surface area contributed by atoms with Crippen LogP contribution in [0.2, 0.25) is 0 Å². The monoisotopic (exact) mass is 666 g/mol. The molecule has 3 aromatic carbocycles. The summed E-state index contributed by atoms with van der Waals surface area (Å²) in [5, 5.41) is 4.70. The van der Waals surface area contributed by atoms with Crippen LogP contribution in [-0.2, 0) is 6.54 Å². The van der Waals surface area contributed by atoms with E-state index in [1.807, 2.05) is 48.5 Å². The molecule has 3 aromatic heterocycles. The molecule has 0 radical (unpaired) electrons. The van der Waals surface area contributed by atoms with Crippen LogP contribution in [0.3, 0.4) is 0 Å². The van der Waals surface area contributed by atoms with Crippen molar-refractivity contribution in [2.24, 2.45) is 17.8 Å². The first-order valence-electron chi connectivity index (χ1n) is 17.4. The van der Waals surface area contributed by atoms with Crippen molar-refractivity contribution in [2.45, 2.75) is 51.5 Å². The summed E-state index contributed by atoms with van der Waals surface area (Å²) in [5.41, 5.74) is 4.65. The number of allylic oxidation sites excluding steroid dienone is 2. The zero-order valence-electron chi connectivity index (χ0n) is 27.4. The van der Waals surface area contributed by atoms with Gasteiger partial charge in [0, 0.05) is 42.9 Å². The number of fused-ring (bicyclic) bond motifs is 5. The first kappa shape index (κ1) is 31.6. The molecule has 3 unspecified atom stereocenters. The molecule has 1 fully saturated rings. The molecule has 0 saturated heterocycles. The van der Waals surface area contributed by atoms with Crippen molar-refractivity contribution >= 4 is 48.1 Å². The lowest BCUT2D eigenvalue weighted by Crippen LogP contribution is -2.37. The Balaban J connectivity index is 0.951. The summed E-state index contributed by atoms with van der Waals surface area (Å²) in [6, 6.07) is 19.4. The molecule has 10 heteroatoms. The number of rotatable bonds is 15. The SMILES string of the molecule is C1=CC2CC1CC2CCCCCCNCc1ccc([O][Al]([O]c2cccc3nccnc23)[O]c2cccc3nccnc23)c2ncccc12. The standard InChI is InChI=1S/C23H30N2O.2C8H6N2O.Al/c26-22-11-10-20(21-7-5-13-25-23(21)22)16-24-12-4-2-1-3-6-18-14-17-8-9-19(18)15-17;2*11-7-3-1-2-6-8(7)10-5-4-9-6;/h5,7-11,13,17-19,24,26H,1-4,6,12,14-16H2;2*1-5,11H;/q;;;+3/p-3. The van der Waals surface area contributed by atoms with Crippen LogP contribution in [0.5, 0.6) is 17.2 Å². The second kappa shape index (κ2) is 14.9. The predicted molar refractivity (Wildman–Crippen MR) is 192 cm³/mol. The number of nitrogens with one attached hydrogen (secondary N) is 1. The zero-order chi connectivity index (χ0) is 32.8. The predicted octanol–water partition coefficient (Wildman–Crippen LogP) is 7.90. The number of pyridine rings is 1. The minimum absolute atomic E-state index is 0.536. The maximum Gasteiger partial charge on any atom is 1.20 e. The smallest absolute Gasteiger partial charge is 0.576 e. The maximum atomic E-state index is 6.63. The van der Waals surface area contributed by atoms with Crippen LogP contribution in [-0.4, -0.2) is 46.6 Å². The molecular weight excluding hydrogens is 627 g/mol. The van der Waals surface area contributed by atoms with Crippen LogP contribution in [0, 0.1) is 17.8 Å². The Kier molecular flexibility index (Phi) is 9.60. The van der Waals surface area contributed by atoms with Gasteiger partial charge in [-0.3, -0.25) is 15.0 Å². The van der Waals surface area contributed by atoms with Gasteiger partial charge >= 0.3 is 15.1 Å². The van der Waals surface area contributed by atoms with Crippen molar-refractivity contribution in [3.8, 4) is 17.2 Å². The molecule has 0 spiro atoms. The Morgan fingerprint density at radius 2 is 1.29 bits per heavy atom. The third kappa shape index (κ3) is 7.23. The first-order chi connectivity index (χ1) is 24.3. The highest BCUT2D eigenvalue weighted by atomic mass is 27.3. The quantitative estimate of drug-likeness (QED) is 0.0666. The molecule has 1 saturated carbocycles. The summed E-state index contributed by atoms with van der Waals surface area (Å²) in [5.74, 6) is 4.37. The molecule has 0 aliphatic heterocycles. The van der Waals surface area contributed by atoms with Gasteiger partial charge in [-0.1, -0.05) is 55.7 Å². The van der Waals surface area contributed by atoms with Crippen LogP contribution >= 0.6 is 0 Å². The van der Waals surface area contributed by atoms with Gasteiger partial charge in [0.25, 0.3) is 0 Å². The molecule has 9 nitrogen and oxygen atoms in total. The number of para-hydroxylation sites is 2. The Hall–Kier alpha value is -4.62. The minimum atomic E-state index is -3.00. The van der Waals surface area contributed by atoms with Gasteiger partial charge in [-0.25, -0.2) is 9.97 Å². The summed E-state index contributed by atoms with van der Waals surface area (Å²) in [6.45, 7) is 1.76. The van der Waals surface area contributed by atoms with Gasteiger partial charge in [0.1, 0.15) is 33.8 Å². The van der Waals surface area contributed by atoms with Crippen LogP contribution in [0.25, 0.3) is 33.0 Å². The van der Waals surface area contributed by atoms with E-state index >= 15 is 0 Å². The molecule has 3 atom stereocenters. The van der Waals surface area contributed by atoms with E-state index in [0.29, 0.717) is 28.3 Å². The molecular formula is C39H39AlN6O3. The van der Waals surface area contributed by atoms with E-state index in [0.717, 1.165) is 52.8 Å². The van der Waals surface area contributed by atoms with Gasteiger partial charge in [-0.15, -0.1) is 0 Å². The van der Waals surface area contributed by atoms with Crippen molar-refractivity contribution in [2.75, 3.05) is 6.54 Å². The number of benzene rings is 3. The molecule has 2 bridgehead atoms. The normalized spacial score (nSPS) is 18.0. The van der Waals surface area contributed by atoms with E-state index in [-0.39, 0.29) is 0 Å². The lowest BCUT2D eigenvalue weighted by Gasteiger charge is -2.19. The van der Waals surface area contributed by atoms with Gasteiger partial charge in [0.15, 0.2) is 0 Å². The number of aromatic nitrogens is 5. The maximum absolute atomic E-state index is 6.63. The molecule has 49 heavy (non-hydrogen) atoms. The lowest BCUT2D eigenvalue weighted by atomic mass is 9.88. The molecule has 2 aliphatic carbocycles. The molecule has 8 rings (SSSR count). The van der Waals surface area contributed by atoms with Gasteiger partial charge in [-0.05, 0) is 91.9 Å². The third-order valence-corrected chi connectivity index (χ3v) is 11.2. The Morgan fingerprint density at radius 1 is 0.612 bits per heavy atom. The summed E-state index contributed by atoms with van der Waals surface area (Å²) in [6.07, 6.45) is 22.7. The fraction of sp³-hybridized carbons (Fsp3) is 0.308. The van der Waals surface area contributed by atoms with E-state index < -0.39 is 15.1 Å². The highest BCUT2D eigenvalue weighted by Gasteiger charge is 2.46. The van der Waals surface area contributed by atoms with Gasteiger partial charge in [0.05, 0.1) is 11.0 Å². The topological polar surface area (TPSA) is 104 Å². The fourth-order valence-corrected chi connectivity index (χ4v) is 8.76. The number of hydrogen-bond donors (Lipinski definition) is 1. The number of hydrogen-bond acceptors (Lipinski definition) is 9. The van der Waals surface area contributed by atoms with Crippen molar-refractivity contribution in [1.82, 2.24) is 30.2 Å². The second-order valence-corrected chi connectivity index (χ2v) is 14.3. The summed E-state index contributed by atoms with van der Waals surface area (Å²) < 4.78 is 19.7. The van der Waals surface area contributed by atoms with E-state index in [1.165, 1.54) is 50.5 Å². The van der Waals surface area contributed by atoms with Crippen molar-refractivity contribution in [3.05, 3.63) is 109 Å². The summed E-state index contributed by atoms with van der Waals surface area (Å²) >= 11 is -3.00. The average molecular weight is 667 g/mol. The van der Waals surface area contributed by atoms with E-state index in [9.17, 15) is 0 Å². The molecule has 0 amide bonds. The van der Waals surface area contributed by atoms with Gasteiger partial charge in [-0.2, -0.15) is 0 Å². The van der Waals surface area contributed by atoms with Crippen LogP contribution in [0.15, 0.2) is 104 Å². The summed E-state index contributed by atoms with van der Waals surface area (Å²) in [4.78, 5) is 22.6. The third-order valence-electron chi connectivity index (χ3n) is 9.83. The Labute approximate surface area is 291 Å². The fourth-order valence-electron chi connectivity index (χ4n) is 7.42. The number of nitrogens with zero attached hydrogens (tertiary/aromatic N) is 5. The highest BCUT2D eigenvalue weighted by molar-refractivity contribution is 6.40. The molecule has 2 aliphatic rings. The van der Waals surface area contributed by atoms with Crippen molar-refractivity contribution in [1.29, 1.82) is 0 Å². The van der Waals surface area contributed by atoms with Crippen molar-refractivity contribution < 1.29 is 11.4 Å². The van der Waals surface area contributed by atoms with Crippen LogP contribution in [0.4, 0.5) is 0 Å². The molecule has 6 aromatic rings. The number of unbranched alkanes of at least 4 members (excludes halogenated alkanes) is 3. The zero-order valence-corrected chi connectivity index (χ0v) is 28.6. The van der Waals surface area contributed by atoms with Gasteiger partial charge in [0.2, 0.25) is 0 Å². The largest absolute Gasteiger partial charge is 1.20 e. The van der Waals surface area contributed by atoms with Crippen LogP contribution in [0.1, 0.15) is 50.5 Å². The average Bonchev–Trinajstić information content (AvgIpc) is 3.78. The second-order valence-electron chi connectivity index (χ2n) is 13.0. The Bertz CT molecular complexity index is 2000. The van der Waals surface area contributed by atoms with E-state index in [4.69, 9.17) is 16.3 Å². The first-order valence-corrected chi connectivity index (χ1v) is 18.8. The van der Waals surface area contributed by atoms with Gasteiger partial charge < -0.3 is 16.7 Å². The lowest BCUT2D eigenvalue weighted by molar-refractivity contribution is 0.311. The molecule has 246 valence electrons. The Morgan fingerprint density at radius 3 is 1.98 bits per heavy atom. The van der Waals surface area contributed by atoms with Crippen LogP contribution < -0.4 is 16.7 Å². The van der Waals surface area contributed by atoms with E-state index in [1.54, 1.807) is 31.0 Å². The molecule has 3 heterocycles. The van der Waals surface area contributed by atoms with E-state index in [2.05, 4.69) is 49.5 Å². The minimum Gasteiger partial charge on any atom is -0.576 e. The highest BCUT2D eigenvalue weighted by Crippen LogP contribution is 2.45. The summed E-state index contributed by atoms with van der Waals surface area (Å²) in [7, 11) is 0. The van der Waals surface area contributed by atoms with Crippen molar-refractivity contribution in [3.63, 3.8) is 0 Å².